The van der Waals surface area contributed by atoms with Crippen molar-refractivity contribution in [1.82, 2.24) is 25.8 Å². The molecule has 6 nitrogen and oxygen atoms in total. The van der Waals surface area contributed by atoms with Gasteiger partial charge in [-0.1, -0.05) is 44.4 Å². The molecule has 25 heavy (non-hydrogen) atoms. The molecule has 0 saturated heterocycles. The fraction of sp³-hybridized carbons (Fsp3) is 0.500. The topological polar surface area (TPSA) is 78.0 Å². The van der Waals surface area contributed by atoms with Crippen LogP contribution in [-0.4, -0.2) is 34.2 Å². The van der Waals surface area contributed by atoms with Crippen LogP contribution < -0.4 is 10.6 Å². The van der Waals surface area contributed by atoms with Crippen molar-refractivity contribution in [3.8, 4) is 11.4 Å². The lowest BCUT2D eigenvalue weighted by atomic mass is 10.1. The lowest BCUT2D eigenvalue weighted by Crippen LogP contribution is -2.41. The zero-order valence-corrected chi connectivity index (χ0v) is 17.6. The molecule has 0 spiro atoms. The molecule has 0 radical (unpaired) electrons. The Morgan fingerprint density at radius 2 is 2.16 bits per heavy atom. The van der Waals surface area contributed by atoms with Gasteiger partial charge < -0.3 is 10.6 Å². The standard InChI is InChI=1S/C18H28N6.HI/c1-4-5-6-8-14(2)23-18(19-3)20-12-15-9-7-10-16(11-15)17-21-13-22-24-17;/h7,9-11,13-14H,4-6,8,12H2,1-3H3,(H2,19,20,23)(H,21,22,24);1H. The molecule has 7 heteroatoms. The molecule has 0 aliphatic rings. The number of aromatic amines is 1. The highest BCUT2D eigenvalue weighted by atomic mass is 127. The van der Waals surface area contributed by atoms with Crippen molar-refractivity contribution in [2.24, 2.45) is 4.99 Å². The van der Waals surface area contributed by atoms with Crippen LogP contribution in [0.3, 0.4) is 0 Å². The van der Waals surface area contributed by atoms with E-state index >= 15 is 0 Å². The van der Waals surface area contributed by atoms with Crippen LogP contribution in [0.4, 0.5) is 0 Å². The van der Waals surface area contributed by atoms with Crippen molar-refractivity contribution >= 4 is 29.9 Å². The Kier molecular flexibility index (Phi) is 10.1. The first-order chi connectivity index (χ1) is 11.7. The third kappa shape index (κ3) is 7.41. The minimum absolute atomic E-state index is 0. The molecule has 0 amide bonds. The summed E-state index contributed by atoms with van der Waals surface area (Å²) in [6.07, 6.45) is 6.47. The van der Waals surface area contributed by atoms with Crippen LogP contribution in [0.15, 0.2) is 35.6 Å². The number of unbranched alkanes of at least 4 members (excludes halogenated alkanes) is 2. The number of rotatable bonds is 8. The van der Waals surface area contributed by atoms with E-state index in [-0.39, 0.29) is 24.0 Å². The van der Waals surface area contributed by atoms with E-state index in [0.717, 1.165) is 23.8 Å². The van der Waals surface area contributed by atoms with E-state index in [1.165, 1.54) is 31.2 Å². The molecule has 1 heterocycles. The van der Waals surface area contributed by atoms with Gasteiger partial charge in [-0.3, -0.25) is 10.1 Å². The van der Waals surface area contributed by atoms with E-state index in [1.807, 2.05) is 12.1 Å². The van der Waals surface area contributed by atoms with Crippen molar-refractivity contribution in [3.05, 3.63) is 36.2 Å². The third-order valence-electron chi connectivity index (χ3n) is 3.92. The second-order valence-corrected chi connectivity index (χ2v) is 6.00. The Morgan fingerprint density at radius 3 is 2.84 bits per heavy atom. The smallest absolute Gasteiger partial charge is 0.191 e. The van der Waals surface area contributed by atoms with Crippen LogP contribution >= 0.6 is 24.0 Å². The van der Waals surface area contributed by atoms with Gasteiger partial charge in [-0.2, -0.15) is 5.10 Å². The lowest BCUT2D eigenvalue weighted by molar-refractivity contribution is 0.546. The van der Waals surface area contributed by atoms with Gasteiger partial charge in [0.15, 0.2) is 11.8 Å². The van der Waals surface area contributed by atoms with Gasteiger partial charge in [0.2, 0.25) is 0 Å². The average molecular weight is 456 g/mol. The molecule has 0 bridgehead atoms. The summed E-state index contributed by atoms with van der Waals surface area (Å²) in [7, 11) is 1.80. The van der Waals surface area contributed by atoms with Crippen LogP contribution in [0, 0.1) is 0 Å². The second kappa shape index (κ2) is 11.8. The number of guanidine groups is 1. The lowest BCUT2D eigenvalue weighted by Gasteiger charge is -2.18. The predicted molar refractivity (Wildman–Crippen MR) is 114 cm³/mol. The number of aliphatic imine (C=N–C) groups is 1. The Balaban J connectivity index is 0.00000312. The molecular weight excluding hydrogens is 427 g/mol. The first-order valence-corrected chi connectivity index (χ1v) is 8.64. The Bertz CT molecular complexity index is 626. The fourth-order valence-electron chi connectivity index (χ4n) is 2.56. The Hall–Kier alpha value is -1.64. The van der Waals surface area contributed by atoms with Crippen LogP contribution in [0.1, 0.15) is 45.1 Å². The van der Waals surface area contributed by atoms with Gasteiger partial charge in [0.1, 0.15) is 6.33 Å². The first kappa shape index (κ1) is 21.4. The van der Waals surface area contributed by atoms with Gasteiger partial charge >= 0.3 is 0 Å². The summed E-state index contributed by atoms with van der Waals surface area (Å²) in [5, 5.41) is 13.6. The molecule has 0 aliphatic carbocycles. The molecule has 1 atom stereocenters. The maximum absolute atomic E-state index is 4.31. The SMILES string of the molecule is CCCCCC(C)NC(=NC)NCc1cccc(-c2ncn[nH]2)c1.I. The van der Waals surface area contributed by atoms with Gasteiger partial charge in [0, 0.05) is 25.2 Å². The second-order valence-electron chi connectivity index (χ2n) is 6.00. The Labute approximate surface area is 167 Å². The molecule has 0 fully saturated rings. The zero-order valence-electron chi connectivity index (χ0n) is 15.2. The minimum atomic E-state index is 0. The maximum Gasteiger partial charge on any atom is 0.191 e. The number of benzene rings is 1. The average Bonchev–Trinajstić information content (AvgIpc) is 3.14. The molecule has 1 unspecified atom stereocenters. The van der Waals surface area contributed by atoms with Crippen LogP contribution in [-0.2, 0) is 6.54 Å². The van der Waals surface area contributed by atoms with Crippen molar-refractivity contribution in [2.45, 2.75) is 52.1 Å². The highest BCUT2D eigenvalue weighted by molar-refractivity contribution is 14.0. The fourth-order valence-corrected chi connectivity index (χ4v) is 2.56. The summed E-state index contributed by atoms with van der Waals surface area (Å²) in [6.45, 7) is 5.14. The highest BCUT2D eigenvalue weighted by Crippen LogP contribution is 2.15. The summed E-state index contributed by atoms with van der Waals surface area (Å²) in [5.41, 5.74) is 2.20. The summed E-state index contributed by atoms with van der Waals surface area (Å²) in [4.78, 5) is 8.50. The summed E-state index contributed by atoms with van der Waals surface area (Å²) >= 11 is 0. The van der Waals surface area contributed by atoms with E-state index in [1.54, 1.807) is 7.05 Å². The molecule has 2 rings (SSSR count). The monoisotopic (exact) mass is 456 g/mol. The number of H-pyrrole nitrogens is 1. The molecule has 1 aromatic carbocycles. The van der Waals surface area contributed by atoms with E-state index in [2.05, 4.69) is 56.8 Å². The van der Waals surface area contributed by atoms with Gasteiger partial charge in [-0.05, 0) is 25.0 Å². The van der Waals surface area contributed by atoms with Gasteiger partial charge in [0.25, 0.3) is 0 Å². The highest BCUT2D eigenvalue weighted by Gasteiger charge is 2.06. The normalized spacial score (nSPS) is 12.4. The van der Waals surface area contributed by atoms with E-state index in [9.17, 15) is 0 Å². The minimum Gasteiger partial charge on any atom is -0.354 e. The van der Waals surface area contributed by atoms with Crippen LogP contribution in [0.2, 0.25) is 0 Å². The van der Waals surface area contributed by atoms with Crippen LogP contribution in [0.25, 0.3) is 11.4 Å². The van der Waals surface area contributed by atoms with Crippen LogP contribution in [0.5, 0.6) is 0 Å². The quantitative estimate of drug-likeness (QED) is 0.245. The zero-order chi connectivity index (χ0) is 17.2. The van der Waals surface area contributed by atoms with Crippen molar-refractivity contribution in [1.29, 1.82) is 0 Å². The number of hydrogen-bond donors (Lipinski definition) is 3. The number of aromatic nitrogens is 3. The molecule has 3 N–H and O–H groups in total. The summed E-state index contributed by atoms with van der Waals surface area (Å²) in [6, 6.07) is 8.66. The Morgan fingerprint density at radius 1 is 1.32 bits per heavy atom. The van der Waals surface area contributed by atoms with E-state index in [4.69, 9.17) is 0 Å². The number of nitrogens with zero attached hydrogens (tertiary/aromatic N) is 3. The summed E-state index contributed by atoms with van der Waals surface area (Å²) in [5.74, 6) is 1.62. The van der Waals surface area contributed by atoms with Crippen molar-refractivity contribution < 1.29 is 0 Å². The number of halogens is 1. The molecule has 2 aromatic rings. The van der Waals surface area contributed by atoms with E-state index in [0.29, 0.717) is 12.6 Å². The molecule has 0 saturated carbocycles. The van der Waals surface area contributed by atoms with Crippen molar-refractivity contribution in [3.63, 3.8) is 0 Å². The molecule has 138 valence electrons. The third-order valence-corrected chi connectivity index (χ3v) is 3.92. The maximum atomic E-state index is 4.31. The van der Waals surface area contributed by atoms with Gasteiger partial charge in [-0.15, -0.1) is 24.0 Å². The largest absolute Gasteiger partial charge is 0.354 e. The number of hydrogen-bond acceptors (Lipinski definition) is 3. The predicted octanol–water partition coefficient (Wildman–Crippen LogP) is 3.72. The number of nitrogens with one attached hydrogen (secondary N) is 3. The first-order valence-electron chi connectivity index (χ1n) is 8.64. The molecular formula is C18H29IN6. The van der Waals surface area contributed by atoms with Gasteiger partial charge in [0.05, 0.1) is 0 Å². The molecule has 0 aliphatic heterocycles. The van der Waals surface area contributed by atoms with Gasteiger partial charge in [-0.25, -0.2) is 4.98 Å². The summed E-state index contributed by atoms with van der Waals surface area (Å²) < 4.78 is 0. The van der Waals surface area contributed by atoms with E-state index < -0.39 is 0 Å². The van der Waals surface area contributed by atoms with Crippen molar-refractivity contribution in [2.75, 3.05) is 7.05 Å². The molecule has 1 aromatic heterocycles.